The maximum Gasteiger partial charge on any atom is 0.251 e. The number of amides is 1. The molecule has 25 heavy (non-hydrogen) atoms. The summed E-state index contributed by atoms with van der Waals surface area (Å²) in [5.41, 5.74) is 0.774. The van der Waals surface area contributed by atoms with Crippen LogP contribution in [-0.4, -0.2) is 70.4 Å². The Morgan fingerprint density at radius 3 is 2.80 bits per heavy atom. The summed E-state index contributed by atoms with van der Waals surface area (Å²) in [6, 6.07) is 0. The first-order chi connectivity index (χ1) is 12.1. The number of nitrogens with one attached hydrogen (secondary N) is 1. The van der Waals surface area contributed by atoms with Crippen LogP contribution >= 0.6 is 0 Å². The Hall–Kier alpha value is -2.22. The first kappa shape index (κ1) is 16.3. The lowest BCUT2D eigenvalue weighted by atomic mass is 9.89. The molecule has 2 saturated heterocycles. The standard InChI is InChI=1S/C17H24N6O2/c1-22(2)17(24)14-4-3-13(25-14)11-5-7-23(8-6-11)16-12-9-20-21-15(12)18-10-19-16/h9-11,13-14H,3-8H2,1-2H3,(H,18,19,20,21)/t13-,14+/m0/s1. The molecule has 1 amide bonds. The van der Waals surface area contributed by atoms with E-state index >= 15 is 0 Å². The fourth-order valence-corrected chi connectivity index (χ4v) is 3.97. The maximum atomic E-state index is 12.1. The molecule has 1 N–H and O–H groups in total. The molecule has 0 spiro atoms. The Balaban J connectivity index is 1.38. The van der Waals surface area contributed by atoms with E-state index in [1.165, 1.54) is 0 Å². The Bertz CT molecular complexity index is 752. The number of anilines is 1. The first-order valence-electron chi connectivity index (χ1n) is 8.89. The minimum Gasteiger partial charge on any atom is -0.365 e. The molecule has 4 rings (SSSR count). The molecule has 2 atom stereocenters. The van der Waals surface area contributed by atoms with E-state index in [1.807, 2.05) is 0 Å². The molecule has 134 valence electrons. The van der Waals surface area contributed by atoms with E-state index in [1.54, 1.807) is 31.5 Å². The predicted molar refractivity (Wildman–Crippen MR) is 93.2 cm³/mol. The lowest BCUT2D eigenvalue weighted by Gasteiger charge is -2.35. The lowest BCUT2D eigenvalue weighted by Crippen LogP contribution is -2.39. The van der Waals surface area contributed by atoms with Gasteiger partial charge in [-0.1, -0.05) is 0 Å². The van der Waals surface area contributed by atoms with Gasteiger partial charge >= 0.3 is 0 Å². The highest BCUT2D eigenvalue weighted by atomic mass is 16.5. The number of carbonyl (C=O) groups excluding carboxylic acids is 1. The normalized spacial score (nSPS) is 24.8. The second kappa shape index (κ2) is 6.59. The summed E-state index contributed by atoms with van der Waals surface area (Å²) in [5.74, 6) is 1.55. The van der Waals surface area contributed by atoms with Crippen LogP contribution in [-0.2, 0) is 9.53 Å². The van der Waals surface area contributed by atoms with Crippen molar-refractivity contribution in [3.63, 3.8) is 0 Å². The van der Waals surface area contributed by atoms with Crippen molar-refractivity contribution in [3.05, 3.63) is 12.5 Å². The smallest absolute Gasteiger partial charge is 0.251 e. The Kier molecular flexibility index (Phi) is 4.29. The van der Waals surface area contributed by atoms with Crippen molar-refractivity contribution in [2.75, 3.05) is 32.1 Å². The lowest BCUT2D eigenvalue weighted by molar-refractivity contribution is -0.141. The van der Waals surface area contributed by atoms with Gasteiger partial charge in [0.25, 0.3) is 5.91 Å². The third-order valence-corrected chi connectivity index (χ3v) is 5.36. The largest absolute Gasteiger partial charge is 0.365 e. The first-order valence-corrected chi connectivity index (χ1v) is 8.89. The zero-order chi connectivity index (χ0) is 17.4. The Labute approximate surface area is 146 Å². The minimum absolute atomic E-state index is 0.0864. The molecule has 2 aliphatic rings. The summed E-state index contributed by atoms with van der Waals surface area (Å²) in [6.07, 6.45) is 7.24. The molecular weight excluding hydrogens is 320 g/mol. The fourth-order valence-electron chi connectivity index (χ4n) is 3.97. The quantitative estimate of drug-likeness (QED) is 0.900. The third-order valence-electron chi connectivity index (χ3n) is 5.36. The van der Waals surface area contributed by atoms with Crippen LogP contribution in [0.15, 0.2) is 12.5 Å². The van der Waals surface area contributed by atoms with Crippen molar-refractivity contribution in [2.45, 2.75) is 37.9 Å². The number of likely N-dealkylation sites (N-methyl/N-ethyl adjacent to an activating group) is 1. The molecule has 2 aromatic heterocycles. The molecule has 0 saturated carbocycles. The van der Waals surface area contributed by atoms with Crippen LogP contribution in [0.4, 0.5) is 5.82 Å². The number of rotatable bonds is 3. The zero-order valence-corrected chi connectivity index (χ0v) is 14.7. The topological polar surface area (TPSA) is 87.2 Å². The van der Waals surface area contributed by atoms with Gasteiger partial charge in [0.05, 0.1) is 17.7 Å². The van der Waals surface area contributed by atoms with Crippen LogP contribution in [0.2, 0.25) is 0 Å². The van der Waals surface area contributed by atoms with Gasteiger partial charge in [0.1, 0.15) is 18.2 Å². The molecule has 2 fully saturated rings. The van der Waals surface area contributed by atoms with E-state index in [4.69, 9.17) is 4.74 Å². The average molecular weight is 344 g/mol. The minimum atomic E-state index is -0.259. The van der Waals surface area contributed by atoms with Crippen molar-refractivity contribution < 1.29 is 9.53 Å². The fraction of sp³-hybridized carbons (Fsp3) is 0.647. The molecular formula is C17H24N6O2. The summed E-state index contributed by atoms with van der Waals surface area (Å²) in [5, 5.41) is 7.92. The molecule has 8 nitrogen and oxygen atoms in total. The highest BCUT2D eigenvalue weighted by Gasteiger charge is 2.37. The molecule has 0 bridgehead atoms. The third kappa shape index (κ3) is 3.06. The Morgan fingerprint density at radius 2 is 2.04 bits per heavy atom. The summed E-state index contributed by atoms with van der Waals surface area (Å²) in [6.45, 7) is 1.88. The van der Waals surface area contributed by atoms with E-state index in [9.17, 15) is 4.79 Å². The molecule has 0 radical (unpaired) electrons. The van der Waals surface area contributed by atoms with Gasteiger partial charge in [-0.15, -0.1) is 0 Å². The highest BCUT2D eigenvalue weighted by Crippen LogP contribution is 2.34. The molecule has 0 aliphatic carbocycles. The number of H-pyrrole nitrogens is 1. The van der Waals surface area contributed by atoms with Gasteiger partial charge in [0.2, 0.25) is 0 Å². The predicted octanol–water partition coefficient (Wildman–Crippen LogP) is 1.21. The van der Waals surface area contributed by atoms with Crippen LogP contribution in [0.25, 0.3) is 11.0 Å². The van der Waals surface area contributed by atoms with Crippen LogP contribution in [0.5, 0.6) is 0 Å². The van der Waals surface area contributed by atoms with Crippen molar-refractivity contribution in [3.8, 4) is 0 Å². The molecule has 2 aromatic rings. The molecule has 0 unspecified atom stereocenters. The SMILES string of the molecule is CN(C)C(=O)[C@H]1CC[C@@H](C2CCN(c3ncnc4[nH]ncc34)CC2)O1. The maximum absolute atomic E-state index is 12.1. The van der Waals surface area contributed by atoms with Crippen LogP contribution in [0, 0.1) is 5.92 Å². The van der Waals surface area contributed by atoms with Gasteiger partial charge < -0.3 is 14.5 Å². The van der Waals surface area contributed by atoms with Gasteiger partial charge in [0.15, 0.2) is 5.65 Å². The monoisotopic (exact) mass is 344 g/mol. The zero-order valence-electron chi connectivity index (χ0n) is 14.7. The summed E-state index contributed by atoms with van der Waals surface area (Å²) >= 11 is 0. The van der Waals surface area contributed by atoms with Crippen LogP contribution in [0.1, 0.15) is 25.7 Å². The highest BCUT2D eigenvalue weighted by molar-refractivity contribution is 5.86. The molecule has 2 aliphatic heterocycles. The summed E-state index contributed by atoms with van der Waals surface area (Å²) in [7, 11) is 3.58. The van der Waals surface area contributed by atoms with E-state index in [0.29, 0.717) is 5.92 Å². The second-order valence-electron chi connectivity index (χ2n) is 7.13. The number of fused-ring (bicyclic) bond motifs is 1. The molecule has 4 heterocycles. The van der Waals surface area contributed by atoms with E-state index in [2.05, 4.69) is 25.1 Å². The van der Waals surface area contributed by atoms with E-state index in [-0.39, 0.29) is 18.1 Å². The number of ether oxygens (including phenoxy) is 1. The van der Waals surface area contributed by atoms with Gasteiger partial charge in [-0.2, -0.15) is 5.10 Å². The van der Waals surface area contributed by atoms with Gasteiger partial charge in [0, 0.05) is 27.2 Å². The summed E-state index contributed by atoms with van der Waals surface area (Å²) in [4.78, 5) is 24.7. The number of nitrogens with zero attached hydrogens (tertiary/aromatic N) is 5. The number of aromatic amines is 1. The van der Waals surface area contributed by atoms with Gasteiger partial charge in [-0.25, -0.2) is 9.97 Å². The van der Waals surface area contributed by atoms with Gasteiger partial charge in [-0.05, 0) is 31.6 Å². The second-order valence-corrected chi connectivity index (χ2v) is 7.13. The van der Waals surface area contributed by atoms with E-state index < -0.39 is 0 Å². The van der Waals surface area contributed by atoms with Crippen LogP contribution in [0.3, 0.4) is 0 Å². The number of piperidine rings is 1. The van der Waals surface area contributed by atoms with Crippen molar-refractivity contribution in [2.24, 2.45) is 5.92 Å². The molecule has 0 aromatic carbocycles. The number of carbonyl (C=O) groups is 1. The van der Waals surface area contributed by atoms with Gasteiger partial charge in [-0.3, -0.25) is 9.89 Å². The summed E-state index contributed by atoms with van der Waals surface area (Å²) < 4.78 is 6.07. The Morgan fingerprint density at radius 1 is 1.24 bits per heavy atom. The van der Waals surface area contributed by atoms with E-state index in [0.717, 1.165) is 55.6 Å². The molecule has 8 heteroatoms. The number of hydrogen-bond donors (Lipinski definition) is 1. The van der Waals surface area contributed by atoms with Crippen LogP contribution < -0.4 is 4.90 Å². The van der Waals surface area contributed by atoms with Crippen molar-refractivity contribution in [1.82, 2.24) is 25.1 Å². The average Bonchev–Trinajstić information content (AvgIpc) is 3.30. The van der Waals surface area contributed by atoms with Crippen molar-refractivity contribution in [1.29, 1.82) is 0 Å². The number of aromatic nitrogens is 4. The van der Waals surface area contributed by atoms with Crippen molar-refractivity contribution >= 4 is 22.8 Å². The number of hydrogen-bond acceptors (Lipinski definition) is 6.